The largest absolute Gasteiger partial charge is 0.490 e. The van der Waals surface area contributed by atoms with Crippen molar-refractivity contribution in [2.75, 3.05) is 25.1 Å². The van der Waals surface area contributed by atoms with Crippen LogP contribution in [0.15, 0.2) is 42.6 Å². The number of nitrogens with zero attached hydrogens (tertiary/aromatic N) is 1. The first kappa shape index (κ1) is 18.5. The number of carbonyl (C=O) groups is 2. The molecule has 0 aliphatic carbocycles. The van der Waals surface area contributed by atoms with Crippen LogP contribution in [0.25, 0.3) is 0 Å². The number of pyridine rings is 1. The molecular formula is C17H17ClN2O5. The maximum atomic E-state index is 11.7. The Kier molecular flexibility index (Phi) is 7.03. The second kappa shape index (κ2) is 9.48. The molecule has 8 heteroatoms. The van der Waals surface area contributed by atoms with Crippen LogP contribution in [0.3, 0.4) is 0 Å². The molecule has 25 heavy (non-hydrogen) atoms. The van der Waals surface area contributed by atoms with Crippen molar-refractivity contribution in [3.8, 4) is 11.5 Å². The van der Waals surface area contributed by atoms with E-state index in [1.807, 2.05) is 6.92 Å². The number of nitrogens with one attached hydrogen (secondary N) is 1. The van der Waals surface area contributed by atoms with Crippen LogP contribution >= 0.6 is 11.6 Å². The summed E-state index contributed by atoms with van der Waals surface area (Å²) in [4.78, 5) is 27.3. The summed E-state index contributed by atoms with van der Waals surface area (Å²) in [6.45, 7) is 1.54. The van der Waals surface area contributed by atoms with Crippen LogP contribution in [0, 0.1) is 0 Å². The van der Waals surface area contributed by atoms with Crippen LogP contribution in [0.2, 0.25) is 5.02 Å². The Balaban J connectivity index is 1.75. The summed E-state index contributed by atoms with van der Waals surface area (Å²) < 4.78 is 15.6. The predicted molar refractivity (Wildman–Crippen MR) is 91.9 cm³/mol. The highest BCUT2D eigenvalue weighted by Gasteiger charge is 2.11. The predicted octanol–water partition coefficient (Wildman–Crippen LogP) is 2.69. The monoisotopic (exact) mass is 364 g/mol. The number of amides is 1. The highest BCUT2D eigenvalue weighted by Crippen LogP contribution is 2.26. The van der Waals surface area contributed by atoms with Crippen molar-refractivity contribution in [1.82, 2.24) is 4.98 Å². The molecule has 0 aliphatic rings. The second-order valence-electron chi connectivity index (χ2n) is 4.74. The summed E-state index contributed by atoms with van der Waals surface area (Å²) in [5.41, 5.74) is 0. The fraction of sp³-hybridized carbons (Fsp3) is 0.235. The van der Waals surface area contributed by atoms with Gasteiger partial charge >= 0.3 is 5.97 Å². The van der Waals surface area contributed by atoms with Crippen LogP contribution in [0.1, 0.15) is 6.92 Å². The highest BCUT2D eigenvalue weighted by atomic mass is 35.5. The van der Waals surface area contributed by atoms with Gasteiger partial charge in [-0.25, -0.2) is 9.78 Å². The Labute approximate surface area is 149 Å². The molecule has 0 unspecified atom stereocenters. The van der Waals surface area contributed by atoms with Gasteiger partial charge in [-0.3, -0.25) is 4.79 Å². The number of esters is 1. The van der Waals surface area contributed by atoms with E-state index in [-0.39, 0.29) is 6.61 Å². The first-order valence-corrected chi connectivity index (χ1v) is 7.88. The van der Waals surface area contributed by atoms with Gasteiger partial charge in [0.15, 0.2) is 24.7 Å². The van der Waals surface area contributed by atoms with Gasteiger partial charge in [-0.2, -0.15) is 0 Å². The average Bonchev–Trinajstić information content (AvgIpc) is 2.61. The Hall–Kier alpha value is -2.80. The third-order valence-corrected chi connectivity index (χ3v) is 3.08. The summed E-state index contributed by atoms with van der Waals surface area (Å²) in [5, 5.41) is 2.93. The minimum Gasteiger partial charge on any atom is -0.490 e. The summed E-state index contributed by atoms with van der Waals surface area (Å²) in [7, 11) is 0. The van der Waals surface area contributed by atoms with Gasteiger partial charge in [0.2, 0.25) is 0 Å². The van der Waals surface area contributed by atoms with E-state index in [1.54, 1.807) is 30.3 Å². The summed E-state index contributed by atoms with van der Waals surface area (Å²) in [5.74, 6) is 0.0798. The van der Waals surface area contributed by atoms with Crippen molar-refractivity contribution < 1.29 is 23.8 Å². The maximum absolute atomic E-state index is 11.7. The highest BCUT2D eigenvalue weighted by molar-refractivity contribution is 6.30. The minimum atomic E-state index is -0.675. The standard InChI is InChI=1S/C17H17ClN2O5/c1-2-23-13-5-3-4-6-14(13)24-11-17(22)25-10-16(21)20-15-8-7-12(18)9-19-15/h3-9H,2,10-11H2,1H3,(H,19,20,21). The quantitative estimate of drug-likeness (QED) is 0.725. The molecule has 0 saturated carbocycles. The van der Waals surface area contributed by atoms with Gasteiger partial charge in [-0.15, -0.1) is 0 Å². The van der Waals surface area contributed by atoms with E-state index >= 15 is 0 Å². The average molecular weight is 365 g/mol. The van der Waals surface area contributed by atoms with E-state index in [2.05, 4.69) is 10.3 Å². The van der Waals surface area contributed by atoms with E-state index in [0.717, 1.165) is 0 Å². The molecule has 1 aromatic carbocycles. The van der Waals surface area contributed by atoms with E-state index in [1.165, 1.54) is 12.3 Å². The van der Waals surface area contributed by atoms with E-state index in [0.29, 0.717) is 28.9 Å². The molecule has 1 aromatic heterocycles. The first-order valence-electron chi connectivity index (χ1n) is 7.50. The summed E-state index contributed by atoms with van der Waals surface area (Å²) >= 11 is 5.70. The van der Waals surface area contributed by atoms with E-state index in [9.17, 15) is 9.59 Å². The lowest BCUT2D eigenvalue weighted by Gasteiger charge is -2.11. The molecular weight excluding hydrogens is 348 g/mol. The fourth-order valence-corrected chi connectivity index (χ4v) is 1.91. The number of benzene rings is 1. The number of hydrogen-bond donors (Lipinski definition) is 1. The number of carbonyl (C=O) groups excluding carboxylic acids is 2. The molecule has 0 bridgehead atoms. The third kappa shape index (κ3) is 6.31. The van der Waals surface area contributed by atoms with Crippen LogP contribution in [0.5, 0.6) is 11.5 Å². The number of anilines is 1. The molecule has 2 aromatic rings. The molecule has 0 spiro atoms. The number of hydrogen-bond acceptors (Lipinski definition) is 6. The topological polar surface area (TPSA) is 86.8 Å². The molecule has 0 aliphatic heterocycles. The lowest BCUT2D eigenvalue weighted by atomic mass is 10.3. The minimum absolute atomic E-state index is 0.312. The molecule has 0 atom stereocenters. The van der Waals surface area contributed by atoms with Crippen molar-refractivity contribution in [2.45, 2.75) is 6.92 Å². The van der Waals surface area contributed by atoms with Gasteiger partial charge in [-0.1, -0.05) is 23.7 Å². The smallest absolute Gasteiger partial charge is 0.344 e. The van der Waals surface area contributed by atoms with Crippen molar-refractivity contribution >= 4 is 29.3 Å². The van der Waals surface area contributed by atoms with Gasteiger partial charge in [0.1, 0.15) is 5.82 Å². The zero-order valence-corrected chi connectivity index (χ0v) is 14.3. The van der Waals surface area contributed by atoms with Crippen LogP contribution < -0.4 is 14.8 Å². The molecule has 1 amide bonds. The van der Waals surface area contributed by atoms with Crippen LogP contribution in [-0.4, -0.2) is 36.7 Å². The molecule has 0 fully saturated rings. The second-order valence-corrected chi connectivity index (χ2v) is 5.18. The van der Waals surface area contributed by atoms with Crippen molar-refractivity contribution in [3.05, 3.63) is 47.6 Å². The van der Waals surface area contributed by atoms with Crippen molar-refractivity contribution in [2.24, 2.45) is 0 Å². The number of aromatic nitrogens is 1. The SMILES string of the molecule is CCOc1ccccc1OCC(=O)OCC(=O)Nc1ccc(Cl)cn1. The van der Waals surface area contributed by atoms with Gasteiger partial charge in [0.25, 0.3) is 5.91 Å². The van der Waals surface area contributed by atoms with Crippen LogP contribution in [0.4, 0.5) is 5.82 Å². The van der Waals surface area contributed by atoms with Gasteiger partial charge in [0.05, 0.1) is 11.6 Å². The molecule has 2 rings (SSSR count). The molecule has 7 nitrogen and oxygen atoms in total. The number of ether oxygens (including phenoxy) is 3. The fourth-order valence-electron chi connectivity index (χ4n) is 1.80. The Morgan fingerprint density at radius 2 is 1.80 bits per heavy atom. The van der Waals surface area contributed by atoms with E-state index < -0.39 is 18.5 Å². The lowest BCUT2D eigenvalue weighted by Crippen LogP contribution is -2.24. The molecule has 1 heterocycles. The summed E-state index contributed by atoms with van der Waals surface area (Å²) in [6, 6.07) is 10.1. The molecule has 0 saturated heterocycles. The molecule has 132 valence electrons. The first-order chi connectivity index (χ1) is 12.1. The van der Waals surface area contributed by atoms with Crippen molar-refractivity contribution in [1.29, 1.82) is 0 Å². The Morgan fingerprint density at radius 1 is 1.08 bits per heavy atom. The Morgan fingerprint density at radius 3 is 2.44 bits per heavy atom. The van der Waals surface area contributed by atoms with Gasteiger partial charge in [-0.05, 0) is 31.2 Å². The van der Waals surface area contributed by atoms with Gasteiger partial charge in [0, 0.05) is 6.20 Å². The normalized spacial score (nSPS) is 10.0. The molecule has 1 N–H and O–H groups in total. The number of para-hydroxylation sites is 2. The zero-order chi connectivity index (χ0) is 18.1. The zero-order valence-electron chi connectivity index (χ0n) is 13.5. The molecule has 0 radical (unpaired) electrons. The maximum Gasteiger partial charge on any atom is 0.344 e. The number of halogens is 1. The lowest BCUT2D eigenvalue weighted by molar-refractivity contribution is -0.149. The third-order valence-electron chi connectivity index (χ3n) is 2.85. The summed E-state index contributed by atoms with van der Waals surface area (Å²) in [6.07, 6.45) is 1.40. The van der Waals surface area contributed by atoms with Crippen molar-refractivity contribution in [3.63, 3.8) is 0 Å². The number of rotatable bonds is 8. The Bertz CT molecular complexity index is 721. The van der Waals surface area contributed by atoms with Gasteiger partial charge < -0.3 is 19.5 Å². The van der Waals surface area contributed by atoms with E-state index in [4.69, 9.17) is 25.8 Å². The van der Waals surface area contributed by atoms with Crippen LogP contribution in [-0.2, 0) is 14.3 Å².